The molecule has 0 saturated carbocycles. The van der Waals surface area contributed by atoms with Gasteiger partial charge in [0.25, 0.3) is 5.91 Å². The Hall–Kier alpha value is -2.96. The summed E-state index contributed by atoms with van der Waals surface area (Å²) in [5.74, 6) is -0.173. The minimum absolute atomic E-state index is 0.128. The molecule has 3 rings (SSSR count). The fraction of sp³-hybridized carbons (Fsp3) is 0.250. The summed E-state index contributed by atoms with van der Waals surface area (Å²) < 4.78 is 1.65. The molecule has 7 heteroatoms. The lowest BCUT2D eigenvalue weighted by Crippen LogP contribution is -2.24. The first-order valence-electron chi connectivity index (χ1n) is 7.36. The van der Waals surface area contributed by atoms with Gasteiger partial charge in [0, 0.05) is 43.0 Å². The quantitative estimate of drug-likeness (QED) is 0.683. The number of carbonyl (C=O) groups excluding carboxylic acids is 2. The molecule has 0 bridgehead atoms. The first-order chi connectivity index (χ1) is 11.1. The Kier molecular flexibility index (Phi) is 4.18. The lowest BCUT2D eigenvalue weighted by Gasteiger charge is -2.15. The van der Waals surface area contributed by atoms with Crippen molar-refractivity contribution in [2.75, 3.05) is 11.4 Å². The third kappa shape index (κ3) is 3.45. The van der Waals surface area contributed by atoms with E-state index in [2.05, 4.69) is 15.6 Å². The summed E-state index contributed by atoms with van der Waals surface area (Å²) in [6.45, 7) is 0.736. The molecule has 1 N–H and O–H groups in total. The van der Waals surface area contributed by atoms with Crippen molar-refractivity contribution in [2.45, 2.75) is 12.8 Å². The summed E-state index contributed by atoms with van der Waals surface area (Å²) in [5, 5.41) is 7.91. The van der Waals surface area contributed by atoms with E-state index in [0.29, 0.717) is 12.0 Å². The van der Waals surface area contributed by atoms with Gasteiger partial charge in [-0.3, -0.25) is 14.3 Å². The van der Waals surface area contributed by atoms with E-state index in [9.17, 15) is 9.59 Å². The maximum absolute atomic E-state index is 12.0. The number of benzene rings is 1. The highest BCUT2D eigenvalue weighted by Crippen LogP contribution is 2.21. The summed E-state index contributed by atoms with van der Waals surface area (Å²) in [7, 11) is 1.81. The van der Waals surface area contributed by atoms with Gasteiger partial charge in [-0.25, -0.2) is 5.43 Å². The minimum atomic E-state index is -0.301. The molecule has 1 saturated heterocycles. The third-order valence-corrected chi connectivity index (χ3v) is 3.62. The molecule has 1 aliphatic rings. The number of nitrogens with zero attached hydrogens (tertiary/aromatic N) is 4. The second kappa shape index (κ2) is 6.43. The molecule has 2 heterocycles. The van der Waals surface area contributed by atoms with E-state index < -0.39 is 0 Å². The molecule has 0 unspecified atom stereocenters. The molecule has 0 spiro atoms. The van der Waals surface area contributed by atoms with Crippen molar-refractivity contribution in [3.05, 3.63) is 47.8 Å². The normalized spacial score (nSPS) is 14.7. The van der Waals surface area contributed by atoms with E-state index in [1.165, 1.54) is 6.21 Å². The second-order valence-electron chi connectivity index (χ2n) is 5.34. The number of anilines is 1. The standard InChI is InChI=1S/C16H17N5O2/c1-20-11-12(10-18-20)9-17-19-16(23)13-4-6-14(7-5-13)21-8-2-3-15(21)22/h4-7,9-11H,2-3,8H2,1H3,(H,19,23)/b17-9+. The third-order valence-electron chi connectivity index (χ3n) is 3.62. The number of amides is 2. The molecule has 7 nitrogen and oxygen atoms in total. The van der Waals surface area contributed by atoms with Crippen LogP contribution in [0.2, 0.25) is 0 Å². The molecule has 0 radical (unpaired) electrons. The van der Waals surface area contributed by atoms with Crippen LogP contribution in [-0.2, 0) is 11.8 Å². The second-order valence-corrected chi connectivity index (χ2v) is 5.34. The zero-order valence-electron chi connectivity index (χ0n) is 12.8. The number of hydrazone groups is 1. The summed E-state index contributed by atoms with van der Waals surface area (Å²) in [6.07, 6.45) is 6.44. The smallest absolute Gasteiger partial charge is 0.271 e. The molecule has 1 fully saturated rings. The van der Waals surface area contributed by atoms with Gasteiger partial charge < -0.3 is 4.90 Å². The Balaban J connectivity index is 1.61. The number of nitrogens with one attached hydrogen (secondary N) is 1. The number of aromatic nitrogens is 2. The van der Waals surface area contributed by atoms with Gasteiger partial charge >= 0.3 is 0 Å². The number of aryl methyl sites for hydroxylation is 1. The summed E-state index contributed by atoms with van der Waals surface area (Å²) in [6, 6.07) is 6.94. The van der Waals surface area contributed by atoms with Crippen molar-refractivity contribution in [1.29, 1.82) is 0 Å². The average molecular weight is 311 g/mol. The van der Waals surface area contributed by atoms with Crippen LogP contribution in [0.4, 0.5) is 5.69 Å². The lowest BCUT2D eigenvalue weighted by molar-refractivity contribution is -0.117. The number of hydrogen-bond acceptors (Lipinski definition) is 4. The predicted molar refractivity (Wildman–Crippen MR) is 86.3 cm³/mol. The van der Waals surface area contributed by atoms with E-state index in [1.54, 1.807) is 46.2 Å². The number of rotatable bonds is 4. The molecule has 2 aromatic rings. The van der Waals surface area contributed by atoms with Crippen LogP contribution in [0.3, 0.4) is 0 Å². The highest BCUT2D eigenvalue weighted by molar-refractivity contribution is 5.97. The fourth-order valence-corrected chi connectivity index (χ4v) is 2.45. The van der Waals surface area contributed by atoms with Crippen LogP contribution in [-0.4, -0.2) is 34.4 Å². The van der Waals surface area contributed by atoms with E-state index in [4.69, 9.17) is 0 Å². The van der Waals surface area contributed by atoms with E-state index in [0.717, 1.165) is 24.2 Å². The highest BCUT2D eigenvalue weighted by Gasteiger charge is 2.21. The lowest BCUT2D eigenvalue weighted by atomic mass is 10.2. The van der Waals surface area contributed by atoms with Crippen LogP contribution in [0.15, 0.2) is 41.8 Å². The molecular formula is C16H17N5O2. The van der Waals surface area contributed by atoms with E-state index in [-0.39, 0.29) is 11.8 Å². The monoisotopic (exact) mass is 311 g/mol. The van der Waals surface area contributed by atoms with Crippen molar-refractivity contribution in [2.24, 2.45) is 12.1 Å². The van der Waals surface area contributed by atoms with Gasteiger partial charge in [-0.1, -0.05) is 0 Å². The first kappa shape index (κ1) is 15.0. The maximum Gasteiger partial charge on any atom is 0.271 e. The summed E-state index contributed by atoms with van der Waals surface area (Å²) in [5.41, 5.74) is 4.58. The molecule has 0 atom stereocenters. The largest absolute Gasteiger partial charge is 0.312 e. The molecular weight excluding hydrogens is 294 g/mol. The zero-order chi connectivity index (χ0) is 16.2. The summed E-state index contributed by atoms with van der Waals surface area (Å²) in [4.78, 5) is 25.4. The molecule has 2 amide bonds. The Morgan fingerprint density at radius 1 is 1.35 bits per heavy atom. The molecule has 23 heavy (non-hydrogen) atoms. The Morgan fingerprint density at radius 3 is 2.74 bits per heavy atom. The van der Waals surface area contributed by atoms with Crippen LogP contribution in [0.5, 0.6) is 0 Å². The highest BCUT2D eigenvalue weighted by atomic mass is 16.2. The Morgan fingerprint density at radius 2 is 2.13 bits per heavy atom. The van der Waals surface area contributed by atoms with Gasteiger partial charge in [0.2, 0.25) is 5.91 Å². The SMILES string of the molecule is Cn1cc(/C=N/NC(=O)c2ccc(N3CCCC3=O)cc2)cn1. The van der Waals surface area contributed by atoms with Crippen LogP contribution < -0.4 is 10.3 Å². The molecule has 1 aliphatic heterocycles. The van der Waals surface area contributed by atoms with Gasteiger partial charge in [-0.05, 0) is 30.7 Å². The number of hydrogen-bond donors (Lipinski definition) is 1. The van der Waals surface area contributed by atoms with Crippen LogP contribution in [0, 0.1) is 0 Å². The van der Waals surface area contributed by atoms with Gasteiger partial charge in [-0.15, -0.1) is 0 Å². The zero-order valence-corrected chi connectivity index (χ0v) is 12.8. The van der Waals surface area contributed by atoms with Gasteiger partial charge in [0.15, 0.2) is 0 Å². The van der Waals surface area contributed by atoms with Crippen molar-refractivity contribution in [3.63, 3.8) is 0 Å². The maximum atomic E-state index is 12.0. The van der Waals surface area contributed by atoms with Gasteiger partial charge in [0.1, 0.15) is 0 Å². The Labute approximate surface area is 133 Å². The average Bonchev–Trinajstić information content (AvgIpc) is 3.16. The van der Waals surface area contributed by atoms with Crippen molar-refractivity contribution in [3.8, 4) is 0 Å². The van der Waals surface area contributed by atoms with Gasteiger partial charge in [0.05, 0.1) is 12.4 Å². The van der Waals surface area contributed by atoms with E-state index >= 15 is 0 Å². The van der Waals surface area contributed by atoms with Crippen molar-refractivity contribution >= 4 is 23.7 Å². The van der Waals surface area contributed by atoms with Crippen molar-refractivity contribution in [1.82, 2.24) is 15.2 Å². The van der Waals surface area contributed by atoms with Crippen molar-refractivity contribution < 1.29 is 9.59 Å². The fourth-order valence-electron chi connectivity index (χ4n) is 2.45. The van der Waals surface area contributed by atoms with Gasteiger partial charge in [-0.2, -0.15) is 10.2 Å². The Bertz CT molecular complexity index is 748. The minimum Gasteiger partial charge on any atom is -0.312 e. The van der Waals surface area contributed by atoms with Crippen LogP contribution in [0.1, 0.15) is 28.8 Å². The molecule has 1 aromatic carbocycles. The molecule has 118 valence electrons. The molecule has 1 aromatic heterocycles. The predicted octanol–water partition coefficient (Wildman–Crippen LogP) is 1.31. The molecule has 0 aliphatic carbocycles. The number of carbonyl (C=O) groups is 2. The topological polar surface area (TPSA) is 79.6 Å². The van der Waals surface area contributed by atoms with Crippen LogP contribution >= 0.6 is 0 Å². The van der Waals surface area contributed by atoms with Crippen LogP contribution in [0.25, 0.3) is 0 Å². The summed E-state index contributed by atoms with van der Waals surface area (Å²) >= 11 is 0. The van der Waals surface area contributed by atoms with E-state index in [1.807, 2.05) is 7.05 Å². The first-order valence-corrected chi connectivity index (χ1v) is 7.36.